The van der Waals surface area contributed by atoms with Crippen molar-refractivity contribution in [2.75, 3.05) is 25.4 Å². The van der Waals surface area contributed by atoms with E-state index in [1.54, 1.807) is 0 Å². The van der Waals surface area contributed by atoms with Gasteiger partial charge in [-0.3, -0.25) is 0 Å². The molecule has 14 heavy (non-hydrogen) atoms. The Labute approximate surface area is 89.0 Å². The first-order valence-corrected chi connectivity index (χ1v) is 5.94. The lowest BCUT2D eigenvalue weighted by Crippen LogP contribution is -2.39. The van der Waals surface area contributed by atoms with Crippen molar-refractivity contribution < 1.29 is 4.74 Å². The smallest absolute Gasteiger partial charge is 0.0793 e. The molecule has 1 fully saturated rings. The lowest BCUT2D eigenvalue weighted by atomic mass is 10.3. The fraction of sp³-hybridized carbons (Fsp3) is 0.455. The third-order valence-corrected chi connectivity index (χ3v) is 3.33. The van der Waals surface area contributed by atoms with Crippen LogP contribution in [0.2, 0.25) is 0 Å². The molecule has 2 nitrogen and oxygen atoms in total. The van der Waals surface area contributed by atoms with Crippen LogP contribution in [0.15, 0.2) is 35.2 Å². The Morgan fingerprint density at radius 3 is 2.93 bits per heavy atom. The molecule has 1 aromatic carbocycles. The molecule has 1 N–H and O–H groups in total. The van der Waals surface area contributed by atoms with Gasteiger partial charge in [-0.1, -0.05) is 18.2 Å². The Morgan fingerprint density at radius 2 is 2.21 bits per heavy atom. The van der Waals surface area contributed by atoms with Crippen molar-refractivity contribution in [2.24, 2.45) is 0 Å². The van der Waals surface area contributed by atoms with Crippen LogP contribution < -0.4 is 5.32 Å². The molecule has 1 aliphatic heterocycles. The minimum atomic E-state index is 0.369. The lowest BCUT2D eigenvalue weighted by molar-refractivity contribution is 0.0441. The Morgan fingerprint density at radius 1 is 1.36 bits per heavy atom. The molecule has 76 valence electrons. The van der Waals surface area contributed by atoms with Crippen molar-refractivity contribution in [3.63, 3.8) is 0 Å². The second-order valence-corrected chi connectivity index (χ2v) is 4.41. The lowest BCUT2D eigenvalue weighted by Gasteiger charge is -2.23. The zero-order valence-corrected chi connectivity index (χ0v) is 8.93. The van der Waals surface area contributed by atoms with Gasteiger partial charge in [-0.05, 0) is 12.1 Å². The van der Waals surface area contributed by atoms with E-state index in [9.17, 15) is 0 Å². The zero-order valence-electron chi connectivity index (χ0n) is 8.11. The van der Waals surface area contributed by atoms with Crippen LogP contribution in [0.4, 0.5) is 0 Å². The number of thioether (sulfide) groups is 1. The van der Waals surface area contributed by atoms with Crippen LogP contribution >= 0.6 is 11.8 Å². The summed E-state index contributed by atoms with van der Waals surface area (Å²) in [5.74, 6) is 1.04. The first-order chi connectivity index (χ1) is 6.95. The van der Waals surface area contributed by atoms with Gasteiger partial charge in [0.25, 0.3) is 0 Å². The predicted octanol–water partition coefficient (Wildman–Crippen LogP) is 1.77. The van der Waals surface area contributed by atoms with Gasteiger partial charge in [0.2, 0.25) is 0 Å². The van der Waals surface area contributed by atoms with Gasteiger partial charge in [0.15, 0.2) is 0 Å². The molecule has 2 rings (SSSR count). The van der Waals surface area contributed by atoms with Gasteiger partial charge in [-0.25, -0.2) is 0 Å². The largest absolute Gasteiger partial charge is 0.375 e. The molecule has 1 aromatic rings. The highest BCUT2D eigenvalue weighted by atomic mass is 32.2. The van der Waals surface area contributed by atoms with Crippen molar-refractivity contribution in [1.82, 2.24) is 5.32 Å². The number of hydrogen-bond acceptors (Lipinski definition) is 3. The third kappa shape index (κ3) is 3.01. The van der Waals surface area contributed by atoms with Gasteiger partial charge < -0.3 is 10.1 Å². The van der Waals surface area contributed by atoms with Crippen molar-refractivity contribution in [3.05, 3.63) is 30.3 Å². The van der Waals surface area contributed by atoms with Crippen LogP contribution in [0.3, 0.4) is 0 Å². The molecule has 0 aromatic heterocycles. The van der Waals surface area contributed by atoms with Crippen LogP contribution in [0.5, 0.6) is 0 Å². The molecule has 3 heteroatoms. The fourth-order valence-electron chi connectivity index (χ4n) is 1.43. The summed E-state index contributed by atoms with van der Waals surface area (Å²) in [6.07, 6.45) is 0.369. The first kappa shape index (κ1) is 10.0. The van der Waals surface area contributed by atoms with Crippen LogP contribution in [-0.2, 0) is 4.74 Å². The second kappa shape index (κ2) is 5.39. The van der Waals surface area contributed by atoms with Crippen molar-refractivity contribution in [2.45, 2.75) is 11.0 Å². The molecule has 0 saturated carbocycles. The van der Waals surface area contributed by atoms with Gasteiger partial charge in [0.05, 0.1) is 12.7 Å². The molecule has 0 bridgehead atoms. The summed E-state index contributed by atoms with van der Waals surface area (Å²) < 4.78 is 5.62. The molecule has 0 aliphatic carbocycles. The van der Waals surface area contributed by atoms with Crippen LogP contribution in [-0.4, -0.2) is 31.6 Å². The summed E-state index contributed by atoms with van der Waals surface area (Å²) in [5.41, 5.74) is 0. The minimum absolute atomic E-state index is 0.369. The van der Waals surface area contributed by atoms with Crippen LogP contribution in [0, 0.1) is 0 Å². The molecule has 1 saturated heterocycles. The van der Waals surface area contributed by atoms with E-state index >= 15 is 0 Å². The number of morpholine rings is 1. The van der Waals surface area contributed by atoms with E-state index in [0.29, 0.717) is 6.10 Å². The summed E-state index contributed by atoms with van der Waals surface area (Å²) in [5, 5.41) is 3.33. The van der Waals surface area contributed by atoms with Crippen molar-refractivity contribution >= 4 is 11.8 Å². The van der Waals surface area contributed by atoms with Crippen molar-refractivity contribution in [1.29, 1.82) is 0 Å². The molecule has 0 spiro atoms. The maximum atomic E-state index is 5.62. The molecule has 1 atom stereocenters. The number of nitrogens with one attached hydrogen (secondary N) is 1. The Bertz CT molecular complexity index is 259. The monoisotopic (exact) mass is 209 g/mol. The van der Waals surface area contributed by atoms with E-state index < -0.39 is 0 Å². The van der Waals surface area contributed by atoms with Gasteiger partial charge in [-0.2, -0.15) is 0 Å². The Hall–Kier alpha value is -0.510. The molecular formula is C11H15NOS. The maximum Gasteiger partial charge on any atom is 0.0793 e. The van der Waals surface area contributed by atoms with E-state index in [-0.39, 0.29) is 0 Å². The summed E-state index contributed by atoms with van der Waals surface area (Å²) in [4.78, 5) is 1.32. The average Bonchev–Trinajstić information content (AvgIpc) is 2.29. The number of hydrogen-bond donors (Lipinski definition) is 1. The minimum Gasteiger partial charge on any atom is -0.375 e. The third-order valence-electron chi connectivity index (χ3n) is 2.18. The van der Waals surface area contributed by atoms with E-state index in [4.69, 9.17) is 4.74 Å². The highest BCUT2D eigenvalue weighted by Crippen LogP contribution is 2.19. The normalized spacial score (nSPS) is 22.1. The quantitative estimate of drug-likeness (QED) is 0.767. The SMILES string of the molecule is c1ccc(SCC2CNCCO2)cc1. The van der Waals surface area contributed by atoms with Gasteiger partial charge >= 0.3 is 0 Å². The van der Waals surface area contributed by atoms with E-state index in [2.05, 4.69) is 29.6 Å². The highest BCUT2D eigenvalue weighted by molar-refractivity contribution is 7.99. The fourth-order valence-corrected chi connectivity index (χ4v) is 2.37. The standard InChI is InChI=1S/C11H15NOS/c1-2-4-11(5-3-1)14-9-10-8-12-6-7-13-10/h1-5,10,12H,6-9H2. The predicted molar refractivity (Wildman–Crippen MR) is 59.8 cm³/mol. The summed E-state index contributed by atoms with van der Waals surface area (Å²) in [6, 6.07) is 10.5. The zero-order chi connectivity index (χ0) is 9.64. The van der Waals surface area contributed by atoms with Gasteiger partial charge in [0.1, 0.15) is 0 Å². The summed E-state index contributed by atoms with van der Waals surface area (Å²) in [7, 11) is 0. The van der Waals surface area contributed by atoms with E-state index in [1.807, 2.05) is 17.8 Å². The number of rotatable bonds is 3. The van der Waals surface area contributed by atoms with E-state index in [0.717, 1.165) is 25.4 Å². The highest BCUT2D eigenvalue weighted by Gasteiger charge is 2.12. The second-order valence-electron chi connectivity index (χ2n) is 3.32. The molecular weight excluding hydrogens is 194 g/mol. The van der Waals surface area contributed by atoms with Gasteiger partial charge in [0, 0.05) is 23.7 Å². The maximum absolute atomic E-state index is 5.62. The topological polar surface area (TPSA) is 21.3 Å². The molecule has 0 amide bonds. The summed E-state index contributed by atoms with van der Waals surface area (Å²) >= 11 is 1.86. The van der Waals surface area contributed by atoms with Gasteiger partial charge in [-0.15, -0.1) is 11.8 Å². The Balaban J connectivity index is 1.76. The molecule has 1 aliphatic rings. The Kier molecular flexibility index (Phi) is 3.86. The average molecular weight is 209 g/mol. The van der Waals surface area contributed by atoms with E-state index in [1.165, 1.54) is 4.90 Å². The summed E-state index contributed by atoms with van der Waals surface area (Å²) in [6.45, 7) is 2.83. The number of benzene rings is 1. The number of ether oxygens (including phenoxy) is 1. The molecule has 1 unspecified atom stereocenters. The van der Waals surface area contributed by atoms with Crippen LogP contribution in [0.25, 0.3) is 0 Å². The van der Waals surface area contributed by atoms with Crippen LogP contribution in [0.1, 0.15) is 0 Å². The molecule has 1 heterocycles. The first-order valence-electron chi connectivity index (χ1n) is 4.95. The van der Waals surface area contributed by atoms with Crippen molar-refractivity contribution in [3.8, 4) is 0 Å². The molecule has 0 radical (unpaired) electrons.